The van der Waals surface area contributed by atoms with E-state index in [9.17, 15) is 13.6 Å². The molecule has 2 saturated heterocycles. The van der Waals surface area contributed by atoms with Gasteiger partial charge in [0.1, 0.15) is 5.78 Å². The van der Waals surface area contributed by atoms with Crippen molar-refractivity contribution < 1.29 is 23.0 Å². The second-order valence-electron chi connectivity index (χ2n) is 5.88. The first-order valence-corrected chi connectivity index (χ1v) is 7.27. The van der Waals surface area contributed by atoms with Crippen molar-refractivity contribution in [2.75, 3.05) is 19.8 Å². The third-order valence-corrected chi connectivity index (χ3v) is 4.41. The van der Waals surface area contributed by atoms with Gasteiger partial charge in [-0.1, -0.05) is 12.1 Å². The Bertz CT molecular complexity index is 538. The monoisotopic (exact) mass is 296 g/mol. The lowest BCUT2D eigenvalue weighted by molar-refractivity contribution is -0.136. The van der Waals surface area contributed by atoms with Gasteiger partial charge in [-0.2, -0.15) is 0 Å². The Balaban J connectivity index is 1.69. The van der Waals surface area contributed by atoms with Crippen molar-refractivity contribution in [2.24, 2.45) is 5.92 Å². The van der Waals surface area contributed by atoms with Crippen molar-refractivity contribution in [3.8, 4) is 0 Å². The molecule has 1 aromatic carbocycles. The molecule has 5 heteroatoms. The minimum absolute atomic E-state index is 0.0472. The second kappa shape index (κ2) is 5.81. The Morgan fingerprint density at radius 3 is 2.95 bits per heavy atom. The number of hydrogen-bond acceptors (Lipinski definition) is 3. The quantitative estimate of drug-likeness (QED) is 0.860. The zero-order valence-electron chi connectivity index (χ0n) is 11.7. The Kier molecular flexibility index (Phi) is 4.04. The highest BCUT2D eigenvalue weighted by Crippen LogP contribution is 2.36. The van der Waals surface area contributed by atoms with Gasteiger partial charge in [-0.25, -0.2) is 8.78 Å². The van der Waals surface area contributed by atoms with Crippen LogP contribution in [0.25, 0.3) is 0 Å². The van der Waals surface area contributed by atoms with Crippen LogP contribution in [-0.4, -0.2) is 31.2 Å². The Morgan fingerprint density at radius 2 is 2.19 bits per heavy atom. The van der Waals surface area contributed by atoms with E-state index in [-0.39, 0.29) is 29.3 Å². The van der Waals surface area contributed by atoms with Crippen molar-refractivity contribution in [1.29, 1.82) is 0 Å². The number of carbonyl (C=O) groups excluding carboxylic acids is 1. The molecule has 0 aliphatic carbocycles. The van der Waals surface area contributed by atoms with Crippen LogP contribution >= 0.6 is 0 Å². The topological polar surface area (TPSA) is 35.5 Å². The summed E-state index contributed by atoms with van der Waals surface area (Å²) in [5.41, 5.74) is -0.220. The maximum absolute atomic E-state index is 13.7. The highest BCUT2D eigenvalue weighted by Gasteiger charge is 2.42. The predicted octanol–water partition coefficient (Wildman–Crippen LogP) is 2.66. The van der Waals surface area contributed by atoms with Gasteiger partial charge in [-0.15, -0.1) is 0 Å². The highest BCUT2D eigenvalue weighted by molar-refractivity contribution is 5.83. The fraction of sp³-hybridized carbons (Fsp3) is 0.562. The lowest BCUT2D eigenvalue weighted by Gasteiger charge is -2.36. The summed E-state index contributed by atoms with van der Waals surface area (Å²) in [5, 5.41) is 0. The molecule has 3 nitrogen and oxygen atoms in total. The minimum Gasteiger partial charge on any atom is -0.378 e. The molecule has 2 aliphatic heterocycles. The largest absolute Gasteiger partial charge is 0.378 e. The van der Waals surface area contributed by atoms with Gasteiger partial charge < -0.3 is 9.47 Å². The number of rotatable bonds is 3. The van der Waals surface area contributed by atoms with Crippen LogP contribution in [0.3, 0.4) is 0 Å². The van der Waals surface area contributed by atoms with Crippen LogP contribution in [0.2, 0.25) is 0 Å². The zero-order valence-corrected chi connectivity index (χ0v) is 11.7. The number of benzene rings is 1. The normalized spacial score (nSPS) is 29.0. The van der Waals surface area contributed by atoms with E-state index < -0.39 is 11.6 Å². The van der Waals surface area contributed by atoms with Gasteiger partial charge in [-0.3, -0.25) is 4.79 Å². The molecule has 2 fully saturated rings. The van der Waals surface area contributed by atoms with Crippen molar-refractivity contribution in [2.45, 2.75) is 31.3 Å². The molecule has 0 saturated carbocycles. The molecular weight excluding hydrogens is 278 g/mol. The van der Waals surface area contributed by atoms with Crippen LogP contribution in [0.1, 0.15) is 24.8 Å². The van der Waals surface area contributed by atoms with Crippen LogP contribution in [0.4, 0.5) is 8.78 Å². The van der Waals surface area contributed by atoms with Crippen molar-refractivity contribution in [3.63, 3.8) is 0 Å². The van der Waals surface area contributed by atoms with E-state index in [1.165, 1.54) is 12.1 Å². The third kappa shape index (κ3) is 2.99. The molecule has 0 bridgehead atoms. The molecule has 3 rings (SSSR count). The van der Waals surface area contributed by atoms with Crippen LogP contribution in [0.15, 0.2) is 18.2 Å². The summed E-state index contributed by atoms with van der Waals surface area (Å²) < 4.78 is 38.0. The minimum atomic E-state index is -0.920. The second-order valence-corrected chi connectivity index (χ2v) is 5.88. The van der Waals surface area contributed by atoms with E-state index in [1.54, 1.807) is 0 Å². The Hall–Kier alpha value is -1.33. The maximum Gasteiger partial charge on any atom is 0.162 e. The molecule has 0 N–H and O–H groups in total. The molecule has 2 atom stereocenters. The average Bonchev–Trinajstić information content (AvgIpc) is 2.92. The summed E-state index contributed by atoms with van der Waals surface area (Å²) in [6.45, 7) is 1.69. The number of halogens is 2. The van der Waals surface area contributed by atoms with E-state index in [1.807, 2.05) is 0 Å². The highest BCUT2D eigenvalue weighted by atomic mass is 19.2. The maximum atomic E-state index is 13.7. The smallest absolute Gasteiger partial charge is 0.162 e. The van der Waals surface area contributed by atoms with E-state index in [2.05, 4.69) is 0 Å². The molecular formula is C16H18F2O3. The average molecular weight is 296 g/mol. The summed E-state index contributed by atoms with van der Waals surface area (Å²) in [6, 6.07) is 3.95. The number of ketones is 1. The molecule has 2 aliphatic rings. The van der Waals surface area contributed by atoms with Gasteiger partial charge in [0.15, 0.2) is 11.6 Å². The summed E-state index contributed by atoms with van der Waals surface area (Å²) in [4.78, 5) is 12.4. The zero-order chi connectivity index (χ0) is 14.9. The van der Waals surface area contributed by atoms with E-state index in [4.69, 9.17) is 9.47 Å². The number of hydrogen-bond donors (Lipinski definition) is 0. The van der Waals surface area contributed by atoms with Crippen LogP contribution in [0, 0.1) is 17.6 Å². The standard InChI is InChI=1S/C16H18F2O3/c17-13-3-1-2-11(15(13)18)8-14(19)12-4-6-21-16(9-12)5-7-20-10-16/h1-3,12H,4-10H2. The Morgan fingerprint density at radius 1 is 1.33 bits per heavy atom. The Labute approximate surface area is 122 Å². The summed E-state index contributed by atoms with van der Waals surface area (Å²) in [6.07, 6.45) is 1.98. The first-order chi connectivity index (χ1) is 10.1. The van der Waals surface area contributed by atoms with Gasteiger partial charge in [-0.05, 0) is 24.5 Å². The summed E-state index contributed by atoms with van der Waals surface area (Å²) >= 11 is 0. The van der Waals surface area contributed by atoms with Gasteiger partial charge in [0.25, 0.3) is 0 Å². The molecule has 1 aromatic rings. The molecule has 1 spiro atoms. The lowest BCUT2D eigenvalue weighted by atomic mass is 9.81. The fourth-order valence-corrected chi connectivity index (χ4v) is 3.18. The van der Waals surface area contributed by atoms with Gasteiger partial charge in [0.05, 0.1) is 12.2 Å². The number of Topliss-reactive ketones (excluding diaryl/α,β-unsaturated/α-hetero) is 1. The van der Waals surface area contributed by atoms with Crippen molar-refractivity contribution >= 4 is 5.78 Å². The third-order valence-electron chi connectivity index (χ3n) is 4.41. The van der Waals surface area contributed by atoms with Crippen LogP contribution < -0.4 is 0 Å². The molecule has 2 unspecified atom stereocenters. The first kappa shape index (κ1) is 14.6. The van der Waals surface area contributed by atoms with Gasteiger partial charge >= 0.3 is 0 Å². The lowest BCUT2D eigenvalue weighted by Crippen LogP contribution is -2.42. The predicted molar refractivity (Wildman–Crippen MR) is 71.9 cm³/mol. The van der Waals surface area contributed by atoms with Crippen LogP contribution in [0.5, 0.6) is 0 Å². The van der Waals surface area contributed by atoms with Gasteiger partial charge in [0, 0.05) is 32.0 Å². The van der Waals surface area contributed by atoms with Crippen LogP contribution in [-0.2, 0) is 20.7 Å². The van der Waals surface area contributed by atoms with Crippen molar-refractivity contribution in [1.82, 2.24) is 0 Å². The van der Waals surface area contributed by atoms with Gasteiger partial charge in [0.2, 0.25) is 0 Å². The summed E-state index contributed by atoms with van der Waals surface area (Å²) in [5.74, 6) is -2.04. The molecule has 21 heavy (non-hydrogen) atoms. The van der Waals surface area contributed by atoms with E-state index in [0.717, 1.165) is 12.5 Å². The number of ether oxygens (including phenoxy) is 2. The van der Waals surface area contributed by atoms with Crippen molar-refractivity contribution in [3.05, 3.63) is 35.4 Å². The first-order valence-electron chi connectivity index (χ1n) is 7.27. The molecule has 0 radical (unpaired) electrons. The molecule has 0 aromatic heterocycles. The summed E-state index contributed by atoms with van der Waals surface area (Å²) in [7, 11) is 0. The van der Waals surface area contributed by atoms with E-state index in [0.29, 0.717) is 32.7 Å². The SMILES string of the molecule is O=C(Cc1cccc(F)c1F)C1CCOC2(CCOC2)C1. The molecule has 114 valence electrons. The fourth-order valence-electron chi connectivity index (χ4n) is 3.18. The molecule has 0 amide bonds. The molecule has 2 heterocycles. The van der Waals surface area contributed by atoms with E-state index >= 15 is 0 Å². The number of carbonyl (C=O) groups is 1.